The molecule has 1 saturated heterocycles. The Balaban J connectivity index is 1.40. The number of benzene rings is 1. The van der Waals surface area contributed by atoms with Crippen LogP contribution in [0.15, 0.2) is 47.2 Å². The van der Waals surface area contributed by atoms with Crippen molar-refractivity contribution in [2.45, 2.75) is 32.2 Å². The summed E-state index contributed by atoms with van der Waals surface area (Å²) >= 11 is 0. The van der Waals surface area contributed by atoms with E-state index in [-0.39, 0.29) is 5.92 Å². The molecular weight excluding hydrogens is 340 g/mol. The van der Waals surface area contributed by atoms with Crippen LogP contribution in [-0.2, 0) is 6.54 Å². The van der Waals surface area contributed by atoms with Crippen molar-refractivity contribution >= 4 is 5.95 Å². The molecule has 3 aromatic rings. The summed E-state index contributed by atoms with van der Waals surface area (Å²) < 4.78 is 5.58. The first kappa shape index (κ1) is 17.6. The predicted molar refractivity (Wildman–Crippen MR) is 103 cm³/mol. The molecule has 3 heterocycles. The van der Waals surface area contributed by atoms with E-state index >= 15 is 0 Å². The lowest BCUT2D eigenvalue weighted by atomic mass is 9.97. The molecular formula is C20H24N6O. The van der Waals surface area contributed by atoms with Crippen molar-refractivity contribution in [3.8, 4) is 11.4 Å². The zero-order valence-electron chi connectivity index (χ0n) is 15.5. The average Bonchev–Trinajstić information content (AvgIpc) is 3.21. The van der Waals surface area contributed by atoms with Crippen LogP contribution in [-0.4, -0.2) is 44.6 Å². The Morgan fingerprint density at radius 3 is 2.78 bits per heavy atom. The van der Waals surface area contributed by atoms with Crippen LogP contribution in [0.2, 0.25) is 0 Å². The van der Waals surface area contributed by atoms with E-state index in [4.69, 9.17) is 4.52 Å². The first-order valence-electron chi connectivity index (χ1n) is 9.48. The summed E-state index contributed by atoms with van der Waals surface area (Å²) in [5, 5.41) is 7.29. The zero-order chi connectivity index (χ0) is 18.5. The quantitative estimate of drug-likeness (QED) is 0.718. The minimum Gasteiger partial charge on any atom is -0.355 e. The van der Waals surface area contributed by atoms with Crippen LogP contribution in [0.3, 0.4) is 0 Å². The molecule has 1 aliphatic rings. The van der Waals surface area contributed by atoms with E-state index in [1.165, 1.54) is 0 Å². The fourth-order valence-corrected chi connectivity index (χ4v) is 3.45. The monoisotopic (exact) mass is 364 g/mol. The van der Waals surface area contributed by atoms with Crippen molar-refractivity contribution in [2.75, 3.05) is 25.0 Å². The Hall–Kier alpha value is -2.80. The third-order valence-electron chi connectivity index (χ3n) is 4.77. The number of piperidine rings is 1. The molecule has 1 N–H and O–H groups in total. The Kier molecular flexibility index (Phi) is 5.39. The summed E-state index contributed by atoms with van der Waals surface area (Å²) in [6, 6.07) is 9.95. The van der Waals surface area contributed by atoms with Gasteiger partial charge in [-0.2, -0.15) is 4.98 Å². The van der Waals surface area contributed by atoms with Crippen molar-refractivity contribution in [3.05, 3.63) is 54.2 Å². The molecule has 27 heavy (non-hydrogen) atoms. The van der Waals surface area contributed by atoms with Gasteiger partial charge < -0.3 is 9.84 Å². The number of nitrogens with one attached hydrogen (secondary N) is 1. The van der Waals surface area contributed by atoms with Gasteiger partial charge >= 0.3 is 0 Å². The lowest BCUT2D eigenvalue weighted by Crippen LogP contribution is -2.34. The van der Waals surface area contributed by atoms with Crippen LogP contribution in [0.25, 0.3) is 11.4 Å². The van der Waals surface area contributed by atoms with E-state index in [9.17, 15) is 0 Å². The van der Waals surface area contributed by atoms with Crippen molar-refractivity contribution < 1.29 is 4.52 Å². The Labute approximate surface area is 158 Å². The average molecular weight is 364 g/mol. The van der Waals surface area contributed by atoms with Gasteiger partial charge in [-0.1, -0.05) is 35.5 Å². The van der Waals surface area contributed by atoms with Crippen molar-refractivity contribution in [3.63, 3.8) is 0 Å². The van der Waals surface area contributed by atoms with Gasteiger partial charge in [0.25, 0.3) is 0 Å². The lowest BCUT2D eigenvalue weighted by molar-refractivity contribution is 0.180. The summed E-state index contributed by atoms with van der Waals surface area (Å²) in [5.41, 5.74) is 2.10. The van der Waals surface area contributed by atoms with Gasteiger partial charge in [0, 0.05) is 43.2 Å². The van der Waals surface area contributed by atoms with Gasteiger partial charge in [0.2, 0.25) is 17.7 Å². The topological polar surface area (TPSA) is 80.0 Å². The first-order valence-corrected chi connectivity index (χ1v) is 9.48. The molecule has 2 aromatic heterocycles. The van der Waals surface area contributed by atoms with Gasteiger partial charge in [-0.05, 0) is 26.3 Å². The van der Waals surface area contributed by atoms with Crippen LogP contribution in [0.4, 0.5) is 5.95 Å². The van der Waals surface area contributed by atoms with Crippen molar-refractivity contribution in [2.24, 2.45) is 0 Å². The Bertz CT molecular complexity index is 848. The SMILES string of the molecule is CCNc1ncc(CN2CCCC(c3nc(-c4ccccc4)no3)C2)cn1. The number of hydrogen-bond acceptors (Lipinski definition) is 7. The molecule has 7 nitrogen and oxygen atoms in total. The van der Waals surface area contributed by atoms with Gasteiger partial charge in [0.1, 0.15) is 0 Å². The molecule has 1 aliphatic heterocycles. The van der Waals surface area contributed by atoms with Crippen LogP contribution >= 0.6 is 0 Å². The molecule has 1 unspecified atom stereocenters. The second-order valence-corrected chi connectivity index (χ2v) is 6.84. The van der Waals surface area contributed by atoms with E-state index < -0.39 is 0 Å². The molecule has 0 aliphatic carbocycles. The Morgan fingerprint density at radius 2 is 2.00 bits per heavy atom. The van der Waals surface area contributed by atoms with Gasteiger partial charge in [-0.3, -0.25) is 4.90 Å². The van der Waals surface area contributed by atoms with Crippen LogP contribution < -0.4 is 5.32 Å². The largest absolute Gasteiger partial charge is 0.355 e. The summed E-state index contributed by atoms with van der Waals surface area (Å²) in [6.07, 6.45) is 5.98. The molecule has 1 atom stereocenters. The molecule has 0 bridgehead atoms. The fraction of sp³-hybridized carbons (Fsp3) is 0.400. The van der Waals surface area contributed by atoms with Gasteiger partial charge in [-0.15, -0.1) is 0 Å². The van der Waals surface area contributed by atoms with Crippen LogP contribution in [0.5, 0.6) is 0 Å². The third-order valence-corrected chi connectivity index (χ3v) is 4.77. The van der Waals surface area contributed by atoms with Crippen LogP contribution in [0.1, 0.15) is 37.1 Å². The Morgan fingerprint density at radius 1 is 1.19 bits per heavy atom. The number of hydrogen-bond donors (Lipinski definition) is 1. The molecule has 140 valence electrons. The third kappa shape index (κ3) is 4.31. The number of likely N-dealkylation sites (tertiary alicyclic amines) is 1. The highest BCUT2D eigenvalue weighted by molar-refractivity contribution is 5.53. The number of aromatic nitrogens is 4. The van der Waals surface area contributed by atoms with E-state index in [1.807, 2.05) is 49.6 Å². The number of rotatable bonds is 6. The van der Waals surface area contributed by atoms with E-state index in [0.717, 1.165) is 56.0 Å². The molecule has 7 heteroatoms. The van der Waals surface area contributed by atoms with Gasteiger partial charge in [0.05, 0.1) is 5.92 Å². The minimum absolute atomic E-state index is 0.269. The molecule has 0 amide bonds. The maximum absolute atomic E-state index is 5.58. The standard InChI is InChI=1S/C20H24N6O/c1-2-21-20-22-11-15(12-23-20)13-26-10-6-9-17(14-26)19-24-18(25-27-19)16-7-4-3-5-8-16/h3-5,7-8,11-12,17H,2,6,9-10,13-14H2,1H3,(H,21,22,23). The maximum Gasteiger partial charge on any atom is 0.231 e. The first-order chi connectivity index (χ1) is 13.3. The van der Waals surface area contributed by atoms with Crippen LogP contribution in [0, 0.1) is 0 Å². The molecule has 1 aromatic carbocycles. The zero-order valence-corrected chi connectivity index (χ0v) is 15.5. The predicted octanol–water partition coefficient (Wildman–Crippen LogP) is 3.34. The second kappa shape index (κ2) is 8.26. The minimum atomic E-state index is 0.269. The molecule has 0 radical (unpaired) electrons. The van der Waals surface area contributed by atoms with E-state index in [0.29, 0.717) is 11.8 Å². The second-order valence-electron chi connectivity index (χ2n) is 6.84. The van der Waals surface area contributed by atoms with Crippen molar-refractivity contribution in [1.82, 2.24) is 25.0 Å². The van der Waals surface area contributed by atoms with Gasteiger partial charge in [-0.25, -0.2) is 9.97 Å². The highest BCUT2D eigenvalue weighted by atomic mass is 16.5. The number of nitrogens with zero attached hydrogens (tertiary/aromatic N) is 5. The molecule has 1 fully saturated rings. The highest BCUT2D eigenvalue weighted by Gasteiger charge is 2.26. The highest BCUT2D eigenvalue weighted by Crippen LogP contribution is 2.28. The van der Waals surface area contributed by atoms with Gasteiger partial charge in [0.15, 0.2) is 0 Å². The summed E-state index contributed by atoms with van der Waals surface area (Å²) in [4.78, 5) is 15.8. The molecule has 0 spiro atoms. The molecule has 4 rings (SSSR count). The maximum atomic E-state index is 5.58. The summed E-state index contributed by atoms with van der Waals surface area (Å²) in [5.74, 6) is 2.34. The smallest absolute Gasteiger partial charge is 0.231 e. The summed E-state index contributed by atoms with van der Waals surface area (Å²) in [6.45, 7) is 5.66. The summed E-state index contributed by atoms with van der Waals surface area (Å²) in [7, 11) is 0. The number of anilines is 1. The van der Waals surface area contributed by atoms with E-state index in [1.54, 1.807) is 0 Å². The van der Waals surface area contributed by atoms with Crippen molar-refractivity contribution in [1.29, 1.82) is 0 Å². The lowest BCUT2D eigenvalue weighted by Gasteiger charge is -2.30. The fourth-order valence-electron chi connectivity index (χ4n) is 3.45. The molecule has 0 saturated carbocycles. The van der Waals surface area contributed by atoms with E-state index in [2.05, 4.69) is 30.3 Å². The normalized spacial score (nSPS) is 17.7.